The van der Waals surface area contributed by atoms with Gasteiger partial charge in [-0.05, 0) is 0 Å². The Bertz CT molecular complexity index is 9.44. The van der Waals surface area contributed by atoms with E-state index in [4.69, 9.17) is 0 Å². The van der Waals surface area contributed by atoms with E-state index < -0.39 is 0 Å². The summed E-state index contributed by atoms with van der Waals surface area (Å²) in [5.74, 6) is 0. The summed E-state index contributed by atoms with van der Waals surface area (Å²) in [7, 11) is 0. The van der Waals surface area contributed by atoms with Gasteiger partial charge >= 0.3 is 21.7 Å². The monoisotopic (exact) mass is 177 g/mol. The van der Waals surface area contributed by atoms with Gasteiger partial charge in [-0.1, -0.05) is 20.8 Å². The summed E-state index contributed by atoms with van der Waals surface area (Å²) in [6.45, 7) is 16.5. The molecule has 1 radical (unpaired) electrons. The van der Waals surface area contributed by atoms with Crippen LogP contribution >= 0.6 is 0 Å². The van der Waals surface area contributed by atoms with E-state index >= 15 is 0 Å². The first-order valence-electron chi connectivity index (χ1n) is 3.62. The third-order valence-electron chi connectivity index (χ3n) is 0. The number of hydrogen-bond acceptors (Lipinski definition) is 0. The van der Waals surface area contributed by atoms with Crippen LogP contribution < -0.4 is 0 Å². The minimum absolute atomic E-state index is 0. The van der Waals surface area contributed by atoms with E-state index in [9.17, 15) is 0 Å². The molecule has 0 aromatic carbocycles. The molecule has 0 aliphatic rings. The van der Waals surface area contributed by atoms with Crippen molar-refractivity contribution in [2.24, 2.45) is 0 Å². The fourth-order valence-electron chi connectivity index (χ4n) is 0. The van der Waals surface area contributed by atoms with Crippen LogP contribution in [-0.4, -0.2) is 0 Å². The predicted octanol–water partition coefficient (Wildman–Crippen LogP) is 3.69. The van der Waals surface area contributed by atoms with E-state index in [0.29, 0.717) is 0 Å². The Morgan fingerprint density at radius 1 is 0.700 bits per heavy atom. The molecule has 0 nitrogen and oxygen atoms in total. The van der Waals surface area contributed by atoms with Gasteiger partial charge in [0.05, 0.1) is 0 Å². The van der Waals surface area contributed by atoms with Gasteiger partial charge in [0.15, 0.2) is 0 Å². The standard InChI is InChI=1S/3C3H7.Ti/c3*1-3-2;/h3*1,3H2,2H3;/q3*-1;+3. The second-order valence-electron chi connectivity index (χ2n) is 1.50. The fourth-order valence-corrected chi connectivity index (χ4v) is 0. The molecule has 0 fully saturated rings. The van der Waals surface area contributed by atoms with Gasteiger partial charge in [-0.25, -0.2) is 0 Å². The number of rotatable bonds is 0. The zero-order valence-electron chi connectivity index (χ0n) is 7.74. The van der Waals surface area contributed by atoms with Crippen molar-refractivity contribution in [1.82, 2.24) is 0 Å². The van der Waals surface area contributed by atoms with E-state index in [1.54, 1.807) is 0 Å². The molecule has 0 amide bonds. The largest absolute Gasteiger partial charge is 3.00 e. The first-order valence-corrected chi connectivity index (χ1v) is 3.62. The van der Waals surface area contributed by atoms with Gasteiger partial charge in [0, 0.05) is 0 Å². The first kappa shape index (κ1) is 22.4. The van der Waals surface area contributed by atoms with Crippen LogP contribution in [-0.2, 0) is 21.7 Å². The van der Waals surface area contributed by atoms with Crippen molar-refractivity contribution in [1.29, 1.82) is 0 Å². The molecule has 0 aromatic rings. The molecule has 0 atom stereocenters. The van der Waals surface area contributed by atoms with Crippen LogP contribution in [0.15, 0.2) is 0 Å². The molecule has 0 bridgehead atoms. The molecular weight excluding hydrogens is 156 g/mol. The summed E-state index contributed by atoms with van der Waals surface area (Å²) in [6, 6.07) is 0. The van der Waals surface area contributed by atoms with Crippen molar-refractivity contribution >= 4 is 0 Å². The third-order valence-corrected chi connectivity index (χ3v) is 0. The molecular formula is C9H21Ti. The molecule has 0 aromatic heterocycles. The van der Waals surface area contributed by atoms with Crippen molar-refractivity contribution in [3.8, 4) is 0 Å². The fraction of sp³-hybridized carbons (Fsp3) is 0.667. The van der Waals surface area contributed by atoms with Crippen molar-refractivity contribution in [2.75, 3.05) is 0 Å². The van der Waals surface area contributed by atoms with Crippen LogP contribution in [0, 0.1) is 20.8 Å². The number of hydrogen-bond donors (Lipinski definition) is 0. The third kappa shape index (κ3) is 1020. The van der Waals surface area contributed by atoms with E-state index in [0.717, 1.165) is 19.3 Å². The zero-order chi connectivity index (χ0) is 8.12. The SMILES string of the molecule is [CH2-]CC.[CH2-]CC.[CH2-]CC.[Ti+3]. The maximum atomic E-state index is 3.49. The first-order chi connectivity index (χ1) is 4.24. The summed E-state index contributed by atoms with van der Waals surface area (Å²) >= 11 is 0. The van der Waals surface area contributed by atoms with Gasteiger partial charge in [0.25, 0.3) is 0 Å². The second-order valence-corrected chi connectivity index (χ2v) is 1.50. The Kier molecular flexibility index (Phi) is 120. The molecule has 0 saturated heterocycles. The van der Waals surface area contributed by atoms with Crippen LogP contribution in [0.4, 0.5) is 0 Å². The molecule has 0 spiro atoms. The normalized spacial score (nSPS) is 5.40. The molecule has 0 aliphatic heterocycles. The average molecular weight is 177 g/mol. The predicted molar refractivity (Wildman–Crippen MR) is 46.9 cm³/mol. The van der Waals surface area contributed by atoms with Crippen molar-refractivity contribution < 1.29 is 21.7 Å². The maximum absolute atomic E-state index is 3.49. The van der Waals surface area contributed by atoms with Crippen molar-refractivity contribution in [3.63, 3.8) is 0 Å². The summed E-state index contributed by atoms with van der Waals surface area (Å²) in [5, 5.41) is 0. The van der Waals surface area contributed by atoms with E-state index in [-0.39, 0.29) is 21.7 Å². The smallest absolute Gasteiger partial charge is 0.344 e. The molecule has 0 N–H and O–H groups in total. The molecule has 0 unspecified atom stereocenters. The minimum atomic E-state index is 0. The van der Waals surface area contributed by atoms with Gasteiger partial charge in [0.1, 0.15) is 0 Å². The Hall–Kier alpha value is 0.714. The Morgan fingerprint density at radius 3 is 0.700 bits per heavy atom. The Balaban J connectivity index is -0.0000000257. The zero-order valence-corrected chi connectivity index (χ0v) is 9.30. The molecule has 61 valence electrons. The Labute approximate surface area is 82.7 Å². The van der Waals surface area contributed by atoms with E-state index in [1.807, 2.05) is 20.8 Å². The molecule has 0 saturated carbocycles. The van der Waals surface area contributed by atoms with Crippen LogP contribution in [0.1, 0.15) is 40.0 Å². The van der Waals surface area contributed by atoms with Crippen molar-refractivity contribution in [2.45, 2.75) is 40.0 Å². The molecule has 1 heteroatoms. The van der Waals surface area contributed by atoms with Gasteiger partial charge in [-0.2, -0.15) is 19.3 Å². The van der Waals surface area contributed by atoms with Crippen LogP contribution in [0.25, 0.3) is 0 Å². The summed E-state index contributed by atoms with van der Waals surface area (Å²) in [4.78, 5) is 0. The topological polar surface area (TPSA) is 0 Å². The average Bonchev–Trinajstić information content (AvgIpc) is 1.70. The maximum Gasteiger partial charge on any atom is 3.00 e. The van der Waals surface area contributed by atoms with Crippen molar-refractivity contribution in [3.05, 3.63) is 20.8 Å². The van der Waals surface area contributed by atoms with Gasteiger partial charge in [0.2, 0.25) is 0 Å². The molecule has 0 heterocycles. The second kappa shape index (κ2) is 53.5. The molecule has 0 aliphatic carbocycles. The van der Waals surface area contributed by atoms with Crippen LogP contribution in [0.3, 0.4) is 0 Å². The van der Waals surface area contributed by atoms with Crippen LogP contribution in [0.2, 0.25) is 0 Å². The van der Waals surface area contributed by atoms with Gasteiger partial charge in [-0.15, -0.1) is 0 Å². The summed E-state index contributed by atoms with van der Waals surface area (Å²) in [5.41, 5.74) is 0. The minimum Gasteiger partial charge on any atom is -0.344 e. The summed E-state index contributed by atoms with van der Waals surface area (Å²) < 4.78 is 0. The van der Waals surface area contributed by atoms with Crippen LogP contribution in [0.5, 0.6) is 0 Å². The van der Waals surface area contributed by atoms with E-state index in [1.165, 1.54) is 0 Å². The molecule has 10 heavy (non-hydrogen) atoms. The quantitative estimate of drug-likeness (QED) is 0.391. The molecule has 0 rings (SSSR count). The van der Waals surface area contributed by atoms with Gasteiger partial charge < -0.3 is 20.8 Å². The van der Waals surface area contributed by atoms with E-state index in [2.05, 4.69) is 20.8 Å². The van der Waals surface area contributed by atoms with Gasteiger partial charge in [-0.3, -0.25) is 0 Å². The Morgan fingerprint density at radius 2 is 0.700 bits per heavy atom. The summed E-state index contributed by atoms with van der Waals surface area (Å²) in [6.07, 6.45) is 3.00.